The first-order valence-corrected chi connectivity index (χ1v) is 7.05. The second kappa shape index (κ2) is 5.70. The lowest BCUT2D eigenvalue weighted by molar-refractivity contribution is 0.289. The summed E-state index contributed by atoms with van der Waals surface area (Å²) in [7, 11) is 0. The van der Waals surface area contributed by atoms with Gasteiger partial charge in [0.25, 0.3) is 0 Å². The number of aliphatic imine (C=N–C) groups is 1. The molecule has 0 heterocycles. The molecule has 0 aromatic carbocycles. The van der Waals surface area contributed by atoms with E-state index in [0.717, 1.165) is 24.2 Å². The minimum Gasteiger partial charge on any atom is -0.387 e. The van der Waals surface area contributed by atoms with Crippen LogP contribution in [0, 0.1) is 17.8 Å². The predicted octanol–water partition coefficient (Wildman–Crippen LogP) is 3.36. The summed E-state index contributed by atoms with van der Waals surface area (Å²) in [5.74, 6) is 3.28. The zero-order valence-electron chi connectivity index (χ0n) is 10.6. The van der Waals surface area contributed by atoms with Gasteiger partial charge in [-0.25, -0.2) is 0 Å². The molecule has 2 aliphatic rings. The van der Waals surface area contributed by atoms with Gasteiger partial charge in [0, 0.05) is 12.5 Å². The molecular formula is C14H26N2. The summed E-state index contributed by atoms with van der Waals surface area (Å²) in [5, 5.41) is 0. The smallest absolute Gasteiger partial charge is 0.0968 e. The van der Waals surface area contributed by atoms with E-state index in [1.165, 1.54) is 51.4 Å². The fraction of sp³-hybridized carbons (Fsp3) is 0.929. The molecule has 16 heavy (non-hydrogen) atoms. The largest absolute Gasteiger partial charge is 0.387 e. The van der Waals surface area contributed by atoms with E-state index in [0.29, 0.717) is 5.92 Å². The van der Waals surface area contributed by atoms with E-state index in [-0.39, 0.29) is 0 Å². The first kappa shape index (κ1) is 11.9. The van der Waals surface area contributed by atoms with Crippen molar-refractivity contribution in [3.05, 3.63) is 0 Å². The molecule has 0 aromatic rings. The highest BCUT2D eigenvalue weighted by atomic mass is 14.9. The number of nitrogens with two attached hydrogens (primary N) is 1. The zero-order valence-corrected chi connectivity index (χ0v) is 10.6. The van der Waals surface area contributed by atoms with Crippen LogP contribution in [0.5, 0.6) is 0 Å². The third-order valence-electron chi connectivity index (χ3n) is 4.35. The Morgan fingerprint density at radius 1 is 1.12 bits per heavy atom. The molecule has 0 amide bonds. The Hall–Kier alpha value is -0.530. The summed E-state index contributed by atoms with van der Waals surface area (Å²) in [6.45, 7) is 3.36. The standard InChI is InChI=1S/C14H26N2/c1-11-5-4-6-12(9-11)10-16-14(15)13-7-2-3-8-13/h11-13H,2-10H2,1H3,(H2,15,16). The lowest BCUT2D eigenvalue weighted by Crippen LogP contribution is -2.24. The predicted molar refractivity (Wildman–Crippen MR) is 69.6 cm³/mol. The van der Waals surface area contributed by atoms with Crippen molar-refractivity contribution in [2.75, 3.05) is 6.54 Å². The van der Waals surface area contributed by atoms with E-state index in [9.17, 15) is 0 Å². The fourth-order valence-corrected chi connectivity index (χ4v) is 3.31. The van der Waals surface area contributed by atoms with Gasteiger partial charge in [-0.3, -0.25) is 4.99 Å². The Labute approximate surface area is 99.7 Å². The summed E-state index contributed by atoms with van der Waals surface area (Å²) in [4.78, 5) is 4.66. The zero-order chi connectivity index (χ0) is 11.4. The molecular weight excluding hydrogens is 196 g/mol. The van der Waals surface area contributed by atoms with Gasteiger partial charge in [-0.2, -0.15) is 0 Å². The van der Waals surface area contributed by atoms with Crippen LogP contribution in [0.2, 0.25) is 0 Å². The number of hydrogen-bond acceptors (Lipinski definition) is 1. The van der Waals surface area contributed by atoms with E-state index in [1.807, 2.05) is 0 Å². The monoisotopic (exact) mass is 222 g/mol. The molecule has 2 fully saturated rings. The van der Waals surface area contributed by atoms with Crippen LogP contribution in [0.4, 0.5) is 0 Å². The molecule has 0 aromatic heterocycles. The molecule has 2 aliphatic carbocycles. The first-order chi connectivity index (χ1) is 7.75. The van der Waals surface area contributed by atoms with Crippen molar-refractivity contribution >= 4 is 5.84 Å². The molecule has 2 atom stereocenters. The van der Waals surface area contributed by atoms with Gasteiger partial charge < -0.3 is 5.73 Å². The third-order valence-corrected chi connectivity index (χ3v) is 4.35. The van der Waals surface area contributed by atoms with Gasteiger partial charge >= 0.3 is 0 Å². The third kappa shape index (κ3) is 3.23. The van der Waals surface area contributed by atoms with Gasteiger partial charge in [0.1, 0.15) is 0 Å². The van der Waals surface area contributed by atoms with Crippen LogP contribution < -0.4 is 5.73 Å². The molecule has 0 aliphatic heterocycles. The summed E-state index contributed by atoms with van der Waals surface area (Å²) in [5.41, 5.74) is 6.08. The Kier molecular flexibility index (Phi) is 4.25. The Bertz CT molecular complexity index is 241. The minimum atomic E-state index is 0.612. The van der Waals surface area contributed by atoms with Crippen LogP contribution in [0.25, 0.3) is 0 Å². The molecule has 2 nitrogen and oxygen atoms in total. The Balaban J connectivity index is 1.78. The van der Waals surface area contributed by atoms with Crippen molar-refractivity contribution in [2.24, 2.45) is 28.5 Å². The quantitative estimate of drug-likeness (QED) is 0.577. The van der Waals surface area contributed by atoms with E-state index >= 15 is 0 Å². The summed E-state index contributed by atoms with van der Waals surface area (Å²) < 4.78 is 0. The molecule has 0 bridgehead atoms. The molecule has 0 saturated heterocycles. The molecule has 2 rings (SSSR count). The van der Waals surface area contributed by atoms with Gasteiger partial charge in [-0.1, -0.05) is 32.6 Å². The van der Waals surface area contributed by atoms with E-state index in [1.54, 1.807) is 0 Å². The maximum atomic E-state index is 6.08. The lowest BCUT2D eigenvalue weighted by atomic mass is 9.82. The van der Waals surface area contributed by atoms with Crippen molar-refractivity contribution in [3.8, 4) is 0 Å². The van der Waals surface area contributed by atoms with Gasteiger partial charge in [-0.15, -0.1) is 0 Å². The topological polar surface area (TPSA) is 38.4 Å². The molecule has 92 valence electrons. The van der Waals surface area contributed by atoms with E-state index < -0.39 is 0 Å². The van der Waals surface area contributed by atoms with Gasteiger partial charge in [0.2, 0.25) is 0 Å². The highest BCUT2D eigenvalue weighted by Gasteiger charge is 2.21. The second-order valence-corrected chi connectivity index (χ2v) is 5.88. The van der Waals surface area contributed by atoms with E-state index in [4.69, 9.17) is 5.73 Å². The van der Waals surface area contributed by atoms with Crippen LogP contribution >= 0.6 is 0 Å². The summed E-state index contributed by atoms with van der Waals surface area (Å²) in [6, 6.07) is 0. The van der Waals surface area contributed by atoms with Crippen molar-refractivity contribution in [1.82, 2.24) is 0 Å². The van der Waals surface area contributed by atoms with Crippen molar-refractivity contribution < 1.29 is 0 Å². The maximum absolute atomic E-state index is 6.08. The number of rotatable bonds is 3. The van der Waals surface area contributed by atoms with Crippen LogP contribution in [0.15, 0.2) is 4.99 Å². The number of nitrogens with zero attached hydrogens (tertiary/aromatic N) is 1. The Morgan fingerprint density at radius 2 is 1.88 bits per heavy atom. The fourth-order valence-electron chi connectivity index (χ4n) is 3.31. The van der Waals surface area contributed by atoms with E-state index in [2.05, 4.69) is 11.9 Å². The second-order valence-electron chi connectivity index (χ2n) is 5.88. The molecule has 2 unspecified atom stereocenters. The number of hydrogen-bond donors (Lipinski definition) is 1. The van der Waals surface area contributed by atoms with Crippen molar-refractivity contribution in [2.45, 2.75) is 58.3 Å². The normalized spacial score (nSPS) is 33.2. The minimum absolute atomic E-state index is 0.612. The first-order valence-electron chi connectivity index (χ1n) is 7.05. The van der Waals surface area contributed by atoms with Crippen LogP contribution in [-0.4, -0.2) is 12.4 Å². The van der Waals surface area contributed by atoms with Gasteiger partial charge in [0.05, 0.1) is 5.84 Å². The highest BCUT2D eigenvalue weighted by Crippen LogP contribution is 2.29. The van der Waals surface area contributed by atoms with Gasteiger partial charge in [-0.05, 0) is 37.5 Å². The molecule has 2 N–H and O–H groups in total. The summed E-state index contributed by atoms with van der Waals surface area (Å²) in [6.07, 6.45) is 10.8. The van der Waals surface area contributed by atoms with Crippen LogP contribution in [0.3, 0.4) is 0 Å². The molecule has 0 spiro atoms. The average molecular weight is 222 g/mol. The van der Waals surface area contributed by atoms with Crippen LogP contribution in [0.1, 0.15) is 58.3 Å². The van der Waals surface area contributed by atoms with Crippen LogP contribution in [-0.2, 0) is 0 Å². The maximum Gasteiger partial charge on any atom is 0.0968 e. The number of amidine groups is 1. The lowest BCUT2D eigenvalue weighted by Gasteiger charge is -2.25. The van der Waals surface area contributed by atoms with Gasteiger partial charge in [0.15, 0.2) is 0 Å². The van der Waals surface area contributed by atoms with Crippen molar-refractivity contribution in [3.63, 3.8) is 0 Å². The molecule has 0 radical (unpaired) electrons. The average Bonchev–Trinajstić information content (AvgIpc) is 2.79. The SMILES string of the molecule is CC1CCCC(CN=C(N)C2CCCC2)C1. The molecule has 2 heteroatoms. The highest BCUT2D eigenvalue weighted by molar-refractivity contribution is 5.83. The molecule has 2 saturated carbocycles. The van der Waals surface area contributed by atoms with Crippen molar-refractivity contribution in [1.29, 1.82) is 0 Å². The Morgan fingerprint density at radius 3 is 2.56 bits per heavy atom. The summed E-state index contributed by atoms with van der Waals surface area (Å²) >= 11 is 0.